The Morgan fingerprint density at radius 1 is 1.25 bits per heavy atom. The molecule has 1 saturated heterocycles. The van der Waals surface area contributed by atoms with E-state index in [1.807, 2.05) is 6.07 Å². The number of hydrogen-bond donors (Lipinski definition) is 2. The predicted molar refractivity (Wildman–Crippen MR) is 88.9 cm³/mol. The third kappa shape index (κ3) is 4.27. The Balaban J connectivity index is 2.11. The SMILES string of the molecule is CCNc1cc(NCC2CCCS2)nc(C(C)(C)C)n1. The molecule has 0 saturated carbocycles. The lowest BCUT2D eigenvalue weighted by molar-refractivity contribution is 0.546. The average Bonchev–Trinajstić information content (AvgIpc) is 2.88. The van der Waals surface area contributed by atoms with E-state index >= 15 is 0 Å². The zero-order valence-corrected chi connectivity index (χ0v) is 13.8. The Morgan fingerprint density at radius 2 is 1.95 bits per heavy atom. The zero-order valence-electron chi connectivity index (χ0n) is 13.0. The minimum atomic E-state index is -0.0377. The number of thioether (sulfide) groups is 1. The van der Waals surface area contributed by atoms with Crippen LogP contribution in [-0.4, -0.2) is 34.1 Å². The molecule has 5 heteroatoms. The fourth-order valence-electron chi connectivity index (χ4n) is 2.17. The first-order chi connectivity index (χ1) is 9.49. The van der Waals surface area contributed by atoms with Gasteiger partial charge in [-0.25, -0.2) is 9.97 Å². The first-order valence-corrected chi connectivity index (χ1v) is 8.53. The molecule has 1 aliphatic heterocycles. The van der Waals surface area contributed by atoms with Crippen molar-refractivity contribution in [3.05, 3.63) is 11.9 Å². The Morgan fingerprint density at radius 3 is 2.50 bits per heavy atom. The van der Waals surface area contributed by atoms with Crippen LogP contribution in [0.1, 0.15) is 46.4 Å². The number of nitrogens with one attached hydrogen (secondary N) is 2. The highest BCUT2D eigenvalue weighted by atomic mass is 32.2. The van der Waals surface area contributed by atoms with Crippen LogP contribution in [0.4, 0.5) is 11.6 Å². The van der Waals surface area contributed by atoms with E-state index in [9.17, 15) is 0 Å². The van der Waals surface area contributed by atoms with Crippen LogP contribution >= 0.6 is 11.8 Å². The van der Waals surface area contributed by atoms with Gasteiger partial charge >= 0.3 is 0 Å². The number of rotatable bonds is 5. The topological polar surface area (TPSA) is 49.8 Å². The number of anilines is 2. The number of aromatic nitrogens is 2. The molecule has 112 valence electrons. The second-order valence-electron chi connectivity index (χ2n) is 6.26. The molecule has 0 spiro atoms. The zero-order chi connectivity index (χ0) is 14.6. The van der Waals surface area contributed by atoms with Gasteiger partial charge in [0.15, 0.2) is 0 Å². The van der Waals surface area contributed by atoms with Crippen LogP contribution in [0, 0.1) is 0 Å². The second-order valence-corrected chi connectivity index (χ2v) is 7.67. The van der Waals surface area contributed by atoms with Gasteiger partial charge in [0.2, 0.25) is 0 Å². The van der Waals surface area contributed by atoms with Crippen LogP contribution in [0.25, 0.3) is 0 Å². The van der Waals surface area contributed by atoms with Crippen molar-refractivity contribution in [2.75, 3.05) is 29.5 Å². The van der Waals surface area contributed by atoms with Gasteiger partial charge in [0, 0.05) is 29.8 Å². The maximum absolute atomic E-state index is 4.68. The quantitative estimate of drug-likeness (QED) is 0.870. The molecule has 0 aliphatic carbocycles. The predicted octanol–water partition coefficient (Wildman–Crippen LogP) is 3.51. The molecule has 1 aromatic rings. The van der Waals surface area contributed by atoms with Crippen molar-refractivity contribution in [2.24, 2.45) is 0 Å². The van der Waals surface area contributed by atoms with Crippen LogP contribution < -0.4 is 10.6 Å². The van der Waals surface area contributed by atoms with Gasteiger partial charge in [-0.15, -0.1) is 0 Å². The van der Waals surface area contributed by atoms with E-state index in [-0.39, 0.29) is 5.41 Å². The average molecular weight is 294 g/mol. The van der Waals surface area contributed by atoms with Crippen molar-refractivity contribution < 1.29 is 0 Å². The Bertz CT molecular complexity index is 436. The maximum Gasteiger partial charge on any atom is 0.138 e. The molecule has 0 amide bonds. The highest BCUT2D eigenvalue weighted by molar-refractivity contribution is 8.00. The van der Waals surface area contributed by atoms with Crippen LogP contribution in [-0.2, 0) is 5.41 Å². The molecule has 2 N–H and O–H groups in total. The fraction of sp³-hybridized carbons (Fsp3) is 0.733. The summed E-state index contributed by atoms with van der Waals surface area (Å²) in [6.07, 6.45) is 2.66. The molecule has 2 heterocycles. The number of nitrogens with zero attached hydrogens (tertiary/aromatic N) is 2. The van der Waals surface area contributed by atoms with Crippen LogP contribution in [0.5, 0.6) is 0 Å². The largest absolute Gasteiger partial charge is 0.370 e. The van der Waals surface area contributed by atoms with Gasteiger partial charge in [0.1, 0.15) is 17.5 Å². The van der Waals surface area contributed by atoms with Crippen molar-refractivity contribution in [2.45, 2.75) is 51.2 Å². The van der Waals surface area contributed by atoms with Crippen LogP contribution in [0.2, 0.25) is 0 Å². The standard InChI is InChI=1S/C15H26N4S/c1-5-16-12-9-13(17-10-11-7-6-8-20-11)19-14(18-12)15(2,3)4/h9,11H,5-8,10H2,1-4H3,(H2,16,17,18,19). The van der Waals surface area contributed by atoms with Gasteiger partial charge in [-0.1, -0.05) is 20.8 Å². The third-order valence-electron chi connectivity index (χ3n) is 3.29. The molecule has 1 unspecified atom stereocenters. The molecular formula is C15H26N4S. The molecule has 2 rings (SSSR count). The number of hydrogen-bond acceptors (Lipinski definition) is 5. The summed E-state index contributed by atoms with van der Waals surface area (Å²) in [7, 11) is 0. The first-order valence-electron chi connectivity index (χ1n) is 7.48. The van der Waals surface area contributed by atoms with Gasteiger partial charge in [-0.05, 0) is 25.5 Å². The molecule has 0 aromatic carbocycles. The highest BCUT2D eigenvalue weighted by Crippen LogP contribution is 2.27. The van der Waals surface area contributed by atoms with E-state index in [1.54, 1.807) is 0 Å². The molecule has 4 nitrogen and oxygen atoms in total. The van der Waals surface area contributed by atoms with E-state index in [4.69, 9.17) is 0 Å². The summed E-state index contributed by atoms with van der Waals surface area (Å²) in [5.74, 6) is 4.03. The Labute approximate surface area is 126 Å². The third-order valence-corrected chi connectivity index (χ3v) is 4.69. The van der Waals surface area contributed by atoms with E-state index < -0.39 is 0 Å². The molecule has 1 aliphatic rings. The molecule has 1 aromatic heterocycles. The van der Waals surface area contributed by atoms with Crippen molar-refractivity contribution in [3.63, 3.8) is 0 Å². The van der Waals surface area contributed by atoms with Gasteiger partial charge in [-0.3, -0.25) is 0 Å². The van der Waals surface area contributed by atoms with E-state index in [0.717, 1.165) is 35.8 Å². The van der Waals surface area contributed by atoms with E-state index in [0.29, 0.717) is 0 Å². The van der Waals surface area contributed by atoms with Gasteiger partial charge in [0.05, 0.1) is 0 Å². The van der Waals surface area contributed by atoms with Crippen molar-refractivity contribution in [3.8, 4) is 0 Å². The van der Waals surface area contributed by atoms with Gasteiger partial charge in [-0.2, -0.15) is 11.8 Å². The van der Waals surface area contributed by atoms with E-state index in [1.165, 1.54) is 18.6 Å². The summed E-state index contributed by atoms with van der Waals surface area (Å²) in [5, 5.41) is 7.51. The van der Waals surface area contributed by atoms with Crippen molar-refractivity contribution in [1.29, 1.82) is 0 Å². The second kappa shape index (κ2) is 6.66. The summed E-state index contributed by atoms with van der Waals surface area (Å²) in [4.78, 5) is 9.28. The summed E-state index contributed by atoms with van der Waals surface area (Å²) >= 11 is 2.06. The molecule has 1 atom stereocenters. The fourth-order valence-corrected chi connectivity index (χ4v) is 3.37. The summed E-state index contributed by atoms with van der Waals surface area (Å²) in [6, 6.07) is 2.01. The lowest BCUT2D eigenvalue weighted by atomic mass is 9.96. The van der Waals surface area contributed by atoms with Crippen molar-refractivity contribution in [1.82, 2.24) is 9.97 Å². The van der Waals surface area contributed by atoms with Gasteiger partial charge < -0.3 is 10.6 Å². The maximum atomic E-state index is 4.68. The summed E-state index contributed by atoms with van der Waals surface area (Å²) in [5.41, 5.74) is -0.0377. The van der Waals surface area contributed by atoms with Gasteiger partial charge in [0.25, 0.3) is 0 Å². The lowest BCUT2D eigenvalue weighted by Crippen LogP contribution is -2.20. The Kier molecular flexibility index (Phi) is 5.13. The molecule has 0 bridgehead atoms. The monoisotopic (exact) mass is 294 g/mol. The smallest absolute Gasteiger partial charge is 0.138 e. The normalized spacial score (nSPS) is 19.1. The molecular weight excluding hydrogens is 268 g/mol. The van der Waals surface area contributed by atoms with Crippen LogP contribution in [0.15, 0.2) is 6.07 Å². The Hall–Kier alpha value is -0.970. The minimum Gasteiger partial charge on any atom is -0.370 e. The lowest BCUT2D eigenvalue weighted by Gasteiger charge is -2.19. The first kappa shape index (κ1) is 15.4. The minimum absolute atomic E-state index is 0.0377. The molecule has 1 fully saturated rings. The van der Waals surface area contributed by atoms with E-state index in [2.05, 4.69) is 60.1 Å². The van der Waals surface area contributed by atoms with Crippen LogP contribution in [0.3, 0.4) is 0 Å². The summed E-state index contributed by atoms with van der Waals surface area (Å²) in [6.45, 7) is 10.4. The highest BCUT2D eigenvalue weighted by Gasteiger charge is 2.20. The molecule has 0 radical (unpaired) electrons. The van der Waals surface area contributed by atoms with Crippen molar-refractivity contribution >= 4 is 23.4 Å². The summed E-state index contributed by atoms with van der Waals surface area (Å²) < 4.78 is 0. The molecule has 20 heavy (non-hydrogen) atoms.